The van der Waals surface area contributed by atoms with Gasteiger partial charge in [0.2, 0.25) is 17.1 Å². The molecule has 5 aromatic rings. The summed E-state index contributed by atoms with van der Waals surface area (Å²) < 4.78 is 1.73. The van der Waals surface area contributed by atoms with E-state index < -0.39 is 9.85 Å². The standard InChI is InChI=1S/C22H14N8O4S2/c31-29(32)15-7-3-5-13(11-15)23-19-26-20(24-14-6-4-8-16(12-14)30(33)34)28-21(27-19)36-22-25-17-9-1-2-10-18(17)35-22/h1-12H,(H2,23,24,26,27,28). The van der Waals surface area contributed by atoms with Crippen molar-refractivity contribution in [1.29, 1.82) is 0 Å². The van der Waals surface area contributed by atoms with E-state index in [4.69, 9.17) is 0 Å². The first-order chi connectivity index (χ1) is 17.4. The summed E-state index contributed by atoms with van der Waals surface area (Å²) in [7, 11) is 0. The summed E-state index contributed by atoms with van der Waals surface area (Å²) in [6, 6.07) is 19.6. The zero-order valence-corrected chi connectivity index (χ0v) is 19.7. The molecular weight excluding hydrogens is 504 g/mol. The monoisotopic (exact) mass is 518 g/mol. The topological polar surface area (TPSA) is 162 Å². The van der Waals surface area contributed by atoms with Crippen molar-refractivity contribution in [2.75, 3.05) is 10.6 Å². The Balaban J connectivity index is 1.49. The number of para-hydroxylation sites is 1. The van der Waals surface area contributed by atoms with Crippen molar-refractivity contribution in [3.63, 3.8) is 0 Å². The minimum atomic E-state index is -0.498. The number of anilines is 4. The molecule has 0 spiro atoms. The Kier molecular flexibility index (Phi) is 6.34. The highest BCUT2D eigenvalue weighted by molar-refractivity contribution is 8.01. The van der Waals surface area contributed by atoms with E-state index in [1.54, 1.807) is 24.3 Å². The van der Waals surface area contributed by atoms with Gasteiger partial charge in [-0.2, -0.15) is 15.0 Å². The largest absolute Gasteiger partial charge is 0.324 e. The Labute approximate surface area is 210 Å². The number of rotatable bonds is 8. The highest BCUT2D eigenvalue weighted by atomic mass is 32.2. The summed E-state index contributed by atoms with van der Waals surface area (Å²) in [6.07, 6.45) is 0. The molecule has 0 aliphatic carbocycles. The van der Waals surface area contributed by atoms with Crippen LogP contribution in [0.4, 0.5) is 34.6 Å². The third-order valence-electron chi connectivity index (χ3n) is 4.69. The van der Waals surface area contributed by atoms with Gasteiger partial charge in [-0.25, -0.2) is 4.98 Å². The van der Waals surface area contributed by atoms with E-state index >= 15 is 0 Å². The maximum atomic E-state index is 11.1. The number of aromatic nitrogens is 4. The van der Waals surface area contributed by atoms with Crippen molar-refractivity contribution < 1.29 is 9.85 Å². The Bertz CT molecular complexity index is 1500. The fourth-order valence-corrected chi connectivity index (χ4v) is 5.06. The maximum Gasteiger partial charge on any atom is 0.271 e. The lowest BCUT2D eigenvalue weighted by molar-refractivity contribution is -0.385. The molecule has 0 saturated carbocycles. The molecule has 0 unspecified atom stereocenters. The van der Waals surface area contributed by atoms with E-state index in [0.717, 1.165) is 10.2 Å². The minimum Gasteiger partial charge on any atom is -0.324 e. The molecule has 0 aliphatic rings. The van der Waals surface area contributed by atoms with E-state index in [2.05, 4.69) is 30.6 Å². The van der Waals surface area contributed by atoms with Crippen LogP contribution in [0.15, 0.2) is 82.3 Å². The predicted molar refractivity (Wildman–Crippen MR) is 136 cm³/mol. The Morgan fingerprint density at radius 1 is 0.722 bits per heavy atom. The van der Waals surface area contributed by atoms with Gasteiger partial charge >= 0.3 is 0 Å². The van der Waals surface area contributed by atoms with Gasteiger partial charge in [0.1, 0.15) is 0 Å². The molecule has 0 amide bonds. The van der Waals surface area contributed by atoms with Crippen molar-refractivity contribution in [1.82, 2.24) is 19.9 Å². The Hall–Kier alpha value is -4.69. The number of nitro groups is 2. The van der Waals surface area contributed by atoms with Crippen molar-refractivity contribution in [3.05, 3.63) is 93.0 Å². The zero-order chi connectivity index (χ0) is 25.1. The second kappa shape index (κ2) is 9.89. The van der Waals surface area contributed by atoms with E-state index in [0.29, 0.717) is 20.9 Å². The van der Waals surface area contributed by atoms with Gasteiger partial charge in [0, 0.05) is 35.6 Å². The summed E-state index contributed by atoms with van der Waals surface area (Å²) in [4.78, 5) is 39.1. The van der Waals surface area contributed by atoms with Gasteiger partial charge in [-0.1, -0.05) is 24.3 Å². The molecule has 0 radical (unpaired) electrons. The molecule has 2 aromatic heterocycles. The molecule has 0 aliphatic heterocycles. The van der Waals surface area contributed by atoms with E-state index in [9.17, 15) is 20.2 Å². The van der Waals surface area contributed by atoms with Crippen LogP contribution >= 0.6 is 23.1 Å². The van der Waals surface area contributed by atoms with Crippen LogP contribution in [0, 0.1) is 20.2 Å². The third-order valence-corrected chi connectivity index (χ3v) is 6.66. The maximum absolute atomic E-state index is 11.1. The lowest BCUT2D eigenvalue weighted by atomic mass is 10.3. The number of hydrogen-bond donors (Lipinski definition) is 2. The number of non-ortho nitro benzene ring substituents is 2. The van der Waals surface area contributed by atoms with E-state index in [1.165, 1.54) is 47.4 Å². The normalized spacial score (nSPS) is 10.8. The molecule has 12 nitrogen and oxygen atoms in total. The molecule has 36 heavy (non-hydrogen) atoms. The van der Waals surface area contributed by atoms with Crippen LogP contribution in [0.5, 0.6) is 0 Å². The number of nitrogens with one attached hydrogen (secondary N) is 2. The van der Waals surface area contributed by atoms with Crippen LogP contribution in [0.25, 0.3) is 10.2 Å². The molecule has 0 fully saturated rings. The molecule has 0 saturated heterocycles. The fourth-order valence-electron chi connectivity index (χ4n) is 3.14. The molecule has 0 bridgehead atoms. The van der Waals surface area contributed by atoms with Crippen molar-refractivity contribution >= 4 is 68.0 Å². The van der Waals surface area contributed by atoms with Gasteiger partial charge in [0.15, 0.2) is 4.34 Å². The van der Waals surface area contributed by atoms with Gasteiger partial charge in [-0.15, -0.1) is 11.3 Å². The number of hydrogen-bond acceptors (Lipinski definition) is 12. The van der Waals surface area contributed by atoms with Gasteiger partial charge < -0.3 is 10.6 Å². The molecule has 3 aromatic carbocycles. The SMILES string of the molecule is O=[N+]([O-])c1cccc(Nc2nc(Nc3cccc([N+](=O)[O-])c3)nc(Sc3nc4ccccc4s3)n2)c1. The van der Waals surface area contributed by atoms with Crippen LogP contribution in [-0.4, -0.2) is 29.8 Å². The van der Waals surface area contributed by atoms with Crippen LogP contribution in [0.1, 0.15) is 0 Å². The van der Waals surface area contributed by atoms with Gasteiger partial charge in [-0.3, -0.25) is 20.2 Å². The van der Waals surface area contributed by atoms with E-state index in [-0.39, 0.29) is 23.3 Å². The quantitative estimate of drug-likeness (QED) is 0.185. The second-order valence-electron chi connectivity index (χ2n) is 7.18. The molecule has 0 atom stereocenters. The lowest BCUT2D eigenvalue weighted by Crippen LogP contribution is -2.05. The minimum absolute atomic E-state index is 0.0897. The van der Waals surface area contributed by atoms with Crippen LogP contribution in [0.2, 0.25) is 0 Å². The Morgan fingerprint density at radius 3 is 1.86 bits per heavy atom. The molecule has 2 N–H and O–H groups in total. The first kappa shape index (κ1) is 23.1. The molecule has 178 valence electrons. The summed E-state index contributed by atoms with van der Waals surface area (Å²) in [5.74, 6) is 0.254. The van der Waals surface area contributed by atoms with Crippen molar-refractivity contribution in [3.8, 4) is 0 Å². The van der Waals surface area contributed by atoms with Gasteiger partial charge in [0.25, 0.3) is 11.4 Å². The average molecular weight is 519 g/mol. The van der Waals surface area contributed by atoms with Crippen molar-refractivity contribution in [2.24, 2.45) is 0 Å². The average Bonchev–Trinajstić information content (AvgIpc) is 3.26. The highest BCUT2D eigenvalue weighted by Gasteiger charge is 2.14. The van der Waals surface area contributed by atoms with Crippen LogP contribution in [0.3, 0.4) is 0 Å². The smallest absolute Gasteiger partial charge is 0.271 e. The summed E-state index contributed by atoms with van der Waals surface area (Å²) in [5, 5.41) is 28.5. The highest BCUT2D eigenvalue weighted by Crippen LogP contribution is 2.34. The summed E-state index contributed by atoms with van der Waals surface area (Å²) in [5.41, 5.74) is 1.49. The summed E-state index contributed by atoms with van der Waals surface area (Å²) in [6.45, 7) is 0. The predicted octanol–water partition coefficient (Wildman–Crippen LogP) is 5.94. The zero-order valence-electron chi connectivity index (χ0n) is 18.1. The van der Waals surface area contributed by atoms with Crippen molar-refractivity contribution in [2.45, 2.75) is 9.50 Å². The number of nitro benzene ring substituents is 2. The summed E-state index contributed by atoms with van der Waals surface area (Å²) >= 11 is 2.71. The van der Waals surface area contributed by atoms with Gasteiger partial charge in [0.05, 0.1) is 20.1 Å². The number of benzene rings is 3. The number of thiazole rings is 1. The fraction of sp³-hybridized carbons (Fsp3) is 0. The first-order valence-electron chi connectivity index (χ1n) is 10.3. The van der Waals surface area contributed by atoms with Crippen LogP contribution < -0.4 is 10.6 Å². The van der Waals surface area contributed by atoms with E-state index in [1.807, 2.05) is 24.3 Å². The molecule has 2 heterocycles. The molecule has 5 rings (SSSR count). The third kappa shape index (κ3) is 5.34. The Morgan fingerprint density at radius 2 is 1.31 bits per heavy atom. The number of nitrogens with zero attached hydrogens (tertiary/aromatic N) is 6. The molecular formula is C22H14N8O4S2. The van der Waals surface area contributed by atoms with Crippen LogP contribution in [-0.2, 0) is 0 Å². The lowest BCUT2D eigenvalue weighted by Gasteiger charge is -2.10. The number of fused-ring (bicyclic) bond motifs is 1. The first-order valence-corrected chi connectivity index (χ1v) is 11.9. The van der Waals surface area contributed by atoms with Gasteiger partial charge in [-0.05, 0) is 36.0 Å². The molecule has 14 heteroatoms. The second-order valence-corrected chi connectivity index (χ2v) is 9.42.